The second kappa shape index (κ2) is 12.2. The molecule has 0 fully saturated rings. The molecule has 5 rings (SSSR count). The smallest absolute Gasteiger partial charge is 0.198 e. The monoisotopic (exact) mass is 668 g/mol. The summed E-state index contributed by atoms with van der Waals surface area (Å²) in [6.07, 6.45) is -10.6. The van der Waals surface area contributed by atoms with Crippen LogP contribution in [0.2, 0.25) is 0 Å². The molecular formula is C36H10F6N8. The number of rotatable bonds is 3. The first-order chi connectivity index (χ1) is 23.7. The molecule has 3 aromatic rings. The van der Waals surface area contributed by atoms with Crippen LogP contribution >= 0.6 is 0 Å². The van der Waals surface area contributed by atoms with E-state index in [1.807, 2.05) is 0 Å². The summed E-state index contributed by atoms with van der Waals surface area (Å²) < 4.78 is 89.1. The van der Waals surface area contributed by atoms with Gasteiger partial charge >= 0.3 is 12.4 Å². The van der Waals surface area contributed by atoms with Gasteiger partial charge in [0.25, 0.3) is 0 Å². The van der Waals surface area contributed by atoms with Crippen LogP contribution in [0.15, 0.2) is 59.7 Å². The molecule has 50 heavy (non-hydrogen) atoms. The number of alkyl halides is 6. The number of hydrogen-bond acceptors (Lipinski definition) is 8. The van der Waals surface area contributed by atoms with E-state index in [0.717, 1.165) is 48.5 Å². The predicted octanol–water partition coefficient (Wildman–Crippen LogP) is 7.70. The Bertz CT molecular complexity index is 2450. The van der Waals surface area contributed by atoms with E-state index in [0.29, 0.717) is 0 Å². The van der Waals surface area contributed by atoms with Crippen LogP contribution in [0.1, 0.15) is 67.5 Å². The number of allylic oxidation sites excluding steroid dienone is 6. The van der Waals surface area contributed by atoms with Crippen LogP contribution in [0.25, 0.3) is 22.3 Å². The zero-order chi connectivity index (χ0) is 36.7. The zero-order valence-corrected chi connectivity index (χ0v) is 24.6. The number of hydrogen-bond donors (Lipinski definition) is 0. The van der Waals surface area contributed by atoms with Gasteiger partial charge in [-0.3, -0.25) is 0 Å². The maximum atomic E-state index is 14.9. The minimum Gasteiger partial charge on any atom is -0.198 e. The van der Waals surface area contributed by atoms with Crippen molar-refractivity contribution in [3.63, 3.8) is 0 Å². The third-order valence-electron chi connectivity index (χ3n) is 8.11. The minimum atomic E-state index is -5.33. The summed E-state index contributed by atoms with van der Waals surface area (Å²) in [6, 6.07) is 21.3. The quantitative estimate of drug-likeness (QED) is 0.200. The lowest BCUT2D eigenvalue weighted by atomic mass is 9.78. The normalized spacial score (nSPS) is 16.2. The van der Waals surface area contributed by atoms with Crippen LogP contribution < -0.4 is 0 Å². The Balaban J connectivity index is 1.95. The van der Waals surface area contributed by atoms with Crippen molar-refractivity contribution in [3.8, 4) is 48.6 Å². The Labute approximate surface area is 278 Å². The Morgan fingerprint density at radius 1 is 0.560 bits per heavy atom. The molecule has 0 aromatic heterocycles. The molecule has 0 spiro atoms. The molecule has 8 nitrogen and oxygen atoms in total. The number of nitriles is 8. The van der Waals surface area contributed by atoms with Gasteiger partial charge in [-0.25, -0.2) is 0 Å². The van der Waals surface area contributed by atoms with Crippen LogP contribution in [0, 0.1) is 90.6 Å². The van der Waals surface area contributed by atoms with Gasteiger partial charge < -0.3 is 0 Å². The Morgan fingerprint density at radius 3 is 1.50 bits per heavy atom. The fourth-order valence-corrected chi connectivity index (χ4v) is 6.27. The zero-order valence-electron chi connectivity index (χ0n) is 24.6. The Hall–Kier alpha value is -7.62. The molecule has 0 saturated carbocycles. The van der Waals surface area contributed by atoms with Gasteiger partial charge in [0.2, 0.25) is 0 Å². The topological polar surface area (TPSA) is 190 Å². The Kier molecular flexibility index (Phi) is 8.23. The molecule has 0 aliphatic heterocycles. The average Bonchev–Trinajstić information content (AvgIpc) is 3.60. The summed E-state index contributed by atoms with van der Waals surface area (Å²) >= 11 is 0. The van der Waals surface area contributed by atoms with Crippen molar-refractivity contribution in [3.05, 3.63) is 115 Å². The van der Waals surface area contributed by atoms with Gasteiger partial charge in [-0.05, 0) is 76.3 Å². The van der Waals surface area contributed by atoms with E-state index in [1.165, 1.54) is 12.1 Å². The molecule has 0 bridgehead atoms. The fraction of sp³-hybridized carbons (Fsp3) is 0.111. The van der Waals surface area contributed by atoms with Crippen LogP contribution in [0.4, 0.5) is 26.3 Å². The average molecular weight is 669 g/mol. The molecule has 0 N–H and O–H groups in total. The van der Waals surface area contributed by atoms with Crippen LogP contribution in [0.3, 0.4) is 0 Å². The van der Waals surface area contributed by atoms with Gasteiger partial charge in [-0.1, -0.05) is 0 Å². The predicted molar refractivity (Wildman–Crippen MR) is 159 cm³/mol. The Morgan fingerprint density at radius 2 is 1.08 bits per heavy atom. The summed E-state index contributed by atoms with van der Waals surface area (Å²) in [5, 5.41) is 78.3. The first-order valence-corrected chi connectivity index (χ1v) is 13.8. The van der Waals surface area contributed by atoms with Crippen LogP contribution in [-0.2, 0) is 0 Å². The summed E-state index contributed by atoms with van der Waals surface area (Å²) in [5.41, 5.74) is -10.3. The van der Waals surface area contributed by atoms with E-state index in [-0.39, 0.29) is 33.4 Å². The van der Waals surface area contributed by atoms with Crippen LogP contribution in [0.5, 0.6) is 0 Å². The van der Waals surface area contributed by atoms with Crippen LogP contribution in [-0.4, -0.2) is 12.4 Å². The van der Waals surface area contributed by atoms with Crippen molar-refractivity contribution in [2.75, 3.05) is 0 Å². The number of nitrogens with zero attached hydrogens (tertiary/aromatic N) is 8. The molecule has 2 aliphatic carbocycles. The largest absolute Gasteiger partial charge is 0.418 e. The summed E-state index contributed by atoms with van der Waals surface area (Å²) in [5.74, 6) is -3.94. The first kappa shape index (κ1) is 33.7. The van der Waals surface area contributed by atoms with Gasteiger partial charge in [0.15, 0.2) is 0 Å². The highest BCUT2D eigenvalue weighted by Gasteiger charge is 2.52. The number of halogens is 6. The highest BCUT2D eigenvalue weighted by molar-refractivity contribution is 6.15. The standard InChI is InChI=1S/C36H10F6N8/c37-35(38,39)33-29(15-49)23-7-24-26(8-25(23)31(33)27(13-47)21-3-17(9-43)1-18(4-21)10-44)32(34(30(24)16-50)36(40,41)42)28(14-48)22-5-19(11-45)2-20(6-22)12-46/h1-8,27,31H/b32-28+. The van der Waals surface area contributed by atoms with Crippen molar-refractivity contribution in [2.45, 2.75) is 24.2 Å². The summed E-state index contributed by atoms with van der Waals surface area (Å²) in [6.45, 7) is 0. The van der Waals surface area contributed by atoms with E-state index in [1.54, 1.807) is 36.4 Å². The third kappa shape index (κ3) is 5.33. The minimum absolute atomic E-state index is 0.178. The molecule has 14 heteroatoms. The van der Waals surface area contributed by atoms with E-state index >= 15 is 0 Å². The first-order valence-electron chi connectivity index (χ1n) is 13.8. The number of fused-ring (bicyclic) bond motifs is 2. The van der Waals surface area contributed by atoms with Crippen molar-refractivity contribution in [2.24, 2.45) is 0 Å². The lowest BCUT2D eigenvalue weighted by molar-refractivity contribution is -0.0950. The highest BCUT2D eigenvalue weighted by Crippen LogP contribution is 2.58. The second-order valence-corrected chi connectivity index (χ2v) is 10.8. The maximum Gasteiger partial charge on any atom is 0.418 e. The van der Waals surface area contributed by atoms with E-state index in [9.17, 15) is 68.4 Å². The van der Waals surface area contributed by atoms with Crippen molar-refractivity contribution in [1.29, 1.82) is 42.1 Å². The lowest BCUT2D eigenvalue weighted by Crippen LogP contribution is -2.21. The van der Waals surface area contributed by atoms with E-state index in [2.05, 4.69) is 0 Å². The molecule has 0 amide bonds. The molecule has 2 aliphatic rings. The summed E-state index contributed by atoms with van der Waals surface area (Å²) in [7, 11) is 0. The molecule has 3 aromatic carbocycles. The maximum absolute atomic E-state index is 14.9. The highest BCUT2D eigenvalue weighted by atomic mass is 19.4. The van der Waals surface area contributed by atoms with E-state index in [4.69, 9.17) is 0 Å². The molecule has 2 unspecified atom stereocenters. The lowest BCUT2D eigenvalue weighted by Gasteiger charge is -2.24. The van der Waals surface area contributed by atoms with E-state index < -0.39 is 79.9 Å². The molecule has 236 valence electrons. The molecular weight excluding hydrogens is 658 g/mol. The van der Waals surface area contributed by atoms with Gasteiger partial charge in [0.05, 0.1) is 86.4 Å². The van der Waals surface area contributed by atoms with Crippen molar-refractivity contribution in [1.82, 2.24) is 0 Å². The SMILES string of the molecule is N#CC1=C(C(F)(F)F)/C(=C(\C#N)c2cc(C#N)cc(C#N)c2)c2cc3c(cc21)C(C#N)=C(C(F)(F)F)C3C(C#N)c1cc(C#N)cc(C#N)c1. The van der Waals surface area contributed by atoms with Crippen molar-refractivity contribution >= 4 is 22.3 Å². The summed E-state index contributed by atoms with van der Waals surface area (Å²) in [4.78, 5) is 0. The molecule has 0 saturated heterocycles. The molecule has 0 radical (unpaired) electrons. The van der Waals surface area contributed by atoms with Gasteiger partial charge in [-0.15, -0.1) is 0 Å². The fourth-order valence-electron chi connectivity index (χ4n) is 6.27. The molecule has 0 heterocycles. The van der Waals surface area contributed by atoms with Gasteiger partial charge in [-0.2, -0.15) is 68.4 Å². The molecule has 2 atom stereocenters. The third-order valence-corrected chi connectivity index (χ3v) is 8.11. The number of benzene rings is 3. The van der Waals surface area contributed by atoms with Gasteiger partial charge in [0, 0.05) is 17.1 Å². The van der Waals surface area contributed by atoms with Gasteiger partial charge in [0.1, 0.15) is 18.2 Å². The second-order valence-electron chi connectivity index (χ2n) is 10.8. The van der Waals surface area contributed by atoms with Crippen molar-refractivity contribution < 1.29 is 26.3 Å².